The van der Waals surface area contributed by atoms with Crippen LogP contribution in [0.4, 0.5) is 5.95 Å². The molecular weight excluding hydrogens is 234 g/mol. The van der Waals surface area contributed by atoms with Gasteiger partial charge in [0.1, 0.15) is 0 Å². The fraction of sp³-hybridized carbons (Fsp3) is 0.273. The Morgan fingerprint density at radius 3 is 2.41 bits per heavy atom. The molecule has 5 nitrogen and oxygen atoms in total. The third kappa shape index (κ3) is 4.01. The normalized spacial score (nSPS) is 9.35. The third-order valence-electron chi connectivity index (χ3n) is 1.96. The van der Waals surface area contributed by atoms with Crippen molar-refractivity contribution in [2.75, 3.05) is 5.01 Å². The van der Waals surface area contributed by atoms with E-state index >= 15 is 0 Å². The zero-order valence-electron chi connectivity index (χ0n) is 9.97. The highest BCUT2D eigenvalue weighted by Gasteiger charge is 2.04. The Bertz CT molecular complexity index is 476. The second kappa shape index (κ2) is 6.82. The number of aromatic amines is 2. The Kier molecular flexibility index (Phi) is 5.38. The molecule has 0 amide bonds. The van der Waals surface area contributed by atoms with E-state index < -0.39 is 0 Å². The van der Waals surface area contributed by atoms with Gasteiger partial charge in [0.15, 0.2) is 0 Å². The topological polar surface area (TPSA) is 73.7 Å². The summed E-state index contributed by atoms with van der Waals surface area (Å²) in [5.41, 5.74) is 1.11. The van der Waals surface area contributed by atoms with Gasteiger partial charge in [-0.3, -0.25) is 15.2 Å². The maximum absolute atomic E-state index is 5.81. The number of H-pyrrole nitrogens is 2. The van der Waals surface area contributed by atoms with Gasteiger partial charge >= 0.3 is 0 Å². The second-order valence-electron chi connectivity index (χ2n) is 3.10. The Morgan fingerprint density at radius 2 is 1.88 bits per heavy atom. The van der Waals surface area contributed by atoms with Crippen molar-refractivity contribution in [3.8, 4) is 0 Å². The number of hydrogen-bond donors (Lipinski definition) is 3. The fourth-order valence-corrected chi connectivity index (χ4v) is 1.39. The van der Waals surface area contributed by atoms with E-state index in [1.807, 2.05) is 44.2 Å². The van der Waals surface area contributed by atoms with Crippen LogP contribution in [0.1, 0.15) is 19.4 Å². The largest absolute Gasteiger partial charge is 0.275 e. The molecule has 2 aromatic rings. The van der Waals surface area contributed by atoms with Gasteiger partial charge in [0.05, 0.1) is 6.54 Å². The summed E-state index contributed by atoms with van der Waals surface area (Å²) in [4.78, 5) is 4.01. The highest BCUT2D eigenvalue weighted by atomic mass is 32.1. The molecule has 1 aromatic heterocycles. The van der Waals surface area contributed by atoms with Crippen LogP contribution < -0.4 is 10.9 Å². The predicted molar refractivity (Wildman–Crippen MR) is 71.9 cm³/mol. The van der Waals surface area contributed by atoms with Gasteiger partial charge < -0.3 is 0 Å². The van der Waals surface area contributed by atoms with Gasteiger partial charge in [0.2, 0.25) is 10.7 Å². The molecule has 0 fully saturated rings. The molecule has 0 saturated heterocycles. The lowest BCUT2D eigenvalue weighted by molar-refractivity contribution is 0.811. The standard InChI is InChI=1S/C9H11N5S.C2H6/c10-14(8-11-9(15)13-12-8)6-7-4-2-1-3-5-7;1-2/h1-5H,6,10H2,(H2,11,12,13,15);1-2H3. The van der Waals surface area contributed by atoms with E-state index in [1.165, 1.54) is 5.01 Å². The first-order valence-electron chi connectivity index (χ1n) is 5.46. The van der Waals surface area contributed by atoms with Crippen LogP contribution in [0.2, 0.25) is 0 Å². The highest BCUT2D eigenvalue weighted by Crippen LogP contribution is 2.06. The summed E-state index contributed by atoms with van der Waals surface area (Å²) in [7, 11) is 0. The summed E-state index contributed by atoms with van der Waals surface area (Å²) in [6.07, 6.45) is 0. The Hall–Kier alpha value is -1.66. The molecule has 92 valence electrons. The molecular formula is C11H17N5S. The van der Waals surface area contributed by atoms with Gasteiger partial charge in [0, 0.05) is 0 Å². The second-order valence-corrected chi connectivity index (χ2v) is 3.49. The molecule has 0 unspecified atom stereocenters. The van der Waals surface area contributed by atoms with Gasteiger partial charge in [-0.1, -0.05) is 44.2 Å². The summed E-state index contributed by atoms with van der Waals surface area (Å²) in [6.45, 7) is 4.58. The smallest absolute Gasteiger partial charge is 0.235 e. The minimum atomic E-state index is 0.397. The fourth-order valence-electron chi connectivity index (χ4n) is 1.25. The molecule has 1 heterocycles. The van der Waals surface area contributed by atoms with E-state index in [2.05, 4.69) is 15.2 Å². The van der Waals surface area contributed by atoms with Crippen molar-refractivity contribution in [1.29, 1.82) is 0 Å². The number of anilines is 1. The van der Waals surface area contributed by atoms with E-state index in [0.29, 0.717) is 17.3 Å². The minimum absolute atomic E-state index is 0.397. The van der Waals surface area contributed by atoms with E-state index in [0.717, 1.165) is 5.56 Å². The molecule has 4 N–H and O–H groups in total. The number of hydrogen-bond acceptors (Lipinski definition) is 4. The number of benzene rings is 1. The van der Waals surface area contributed by atoms with Crippen molar-refractivity contribution in [1.82, 2.24) is 15.2 Å². The van der Waals surface area contributed by atoms with Crippen molar-refractivity contribution in [3.63, 3.8) is 0 Å². The van der Waals surface area contributed by atoms with E-state index in [1.54, 1.807) is 0 Å². The molecule has 2 rings (SSSR count). The van der Waals surface area contributed by atoms with Crippen molar-refractivity contribution < 1.29 is 0 Å². The molecule has 0 spiro atoms. The molecule has 0 saturated carbocycles. The van der Waals surface area contributed by atoms with Crippen molar-refractivity contribution in [3.05, 3.63) is 40.7 Å². The SMILES string of the molecule is CC.NN(Cc1ccccc1)c1nc(=S)[nH][nH]1. The van der Waals surface area contributed by atoms with Crippen molar-refractivity contribution in [2.45, 2.75) is 20.4 Å². The zero-order valence-corrected chi connectivity index (χ0v) is 10.8. The Labute approximate surface area is 106 Å². The average molecular weight is 251 g/mol. The first-order chi connectivity index (χ1) is 8.25. The van der Waals surface area contributed by atoms with Crippen LogP contribution in [0.5, 0.6) is 0 Å². The quantitative estimate of drug-likeness (QED) is 0.445. The molecule has 0 aliphatic rings. The number of nitrogens with one attached hydrogen (secondary N) is 2. The maximum Gasteiger partial charge on any atom is 0.235 e. The van der Waals surface area contributed by atoms with Crippen molar-refractivity contribution >= 4 is 18.2 Å². The molecule has 1 aromatic carbocycles. The maximum atomic E-state index is 5.81. The minimum Gasteiger partial charge on any atom is -0.275 e. The molecule has 0 bridgehead atoms. The lowest BCUT2D eigenvalue weighted by Crippen LogP contribution is -2.31. The van der Waals surface area contributed by atoms with Gasteiger partial charge in [-0.05, 0) is 17.8 Å². The number of rotatable bonds is 3. The van der Waals surface area contributed by atoms with Crippen LogP contribution in [-0.2, 0) is 6.54 Å². The summed E-state index contributed by atoms with van der Waals surface area (Å²) in [5.74, 6) is 6.34. The summed E-state index contributed by atoms with van der Waals surface area (Å²) in [5, 5.41) is 6.98. The van der Waals surface area contributed by atoms with Gasteiger partial charge in [0.25, 0.3) is 0 Å². The highest BCUT2D eigenvalue weighted by molar-refractivity contribution is 7.71. The van der Waals surface area contributed by atoms with E-state index in [-0.39, 0.29) is 0 Å². The Morgan fingerprint density at radius 1 is 1.24 bits per heavy atom. The predicted octanol–water partition coefficient (Wildman–Crippen LogP) is 2.37. The Balaban J connectivity index is 0.000000686. The number of nitrogens with zero attached hydrogens (tertiary/aromatic N) is 2. The van der Waals surface area contributed by atoms with Crippen LogP contribution >= 0.6 is 12.2 Å². The van der Waals surface area contributed by atoms with E-state index in [4.69, 9.17) is 18.1 Å². The number of hydrazine groups is 1. The lowest BCUT2D eigenvalue weighted by Gasteiger charge is -2.14. The number of aromatic nitrogens is 3. The average Bonchev–Trinajstić information content (AvgIpc) is 2.80. The number of nitrogens with two attached hydrogens (primary N) is 1. The first kappa shape index (κ1) is 13.4. The molecule has 6 heteroatoms. The van der Waals surface area contributed by atoms with Gasteiger partial charge in [-0.25, -0.2) is 5.84 Å². The van der Waals surface area contributed by atoms with Crippen LogP contribution in [0.3, 0.4) is 0 Å². The zero-order chi connectivity index (χ0) is 12.7. The van der Waals surface area contributed by atoms with Crippen LogP contribution in [0.15, 0.2) is 30.3 Å². The molecule has 0 radical (unpaired) electrons. The van der Waals surface area contributed by atoms with Crippen LogP contribution in [-0.4, -0.2) is 15.2 Å². The molecule has 0 aliphatic heterocycles. The lowest BCUT2D eigenvalue weighted by atomic mass is 10.2. The molecule has 0 atom stereocenters. The molecule has 0 aliphatic carbocycles. The summed E-state index contributed by atoms with van der Waals surface area (Å²) < 4.78 is 0.397. The van der Waals surface area contributed by atoms with Crippen molar-refractivity contribution in [2.24, 2.45) is 5.84 Å². The van der Waals surface area contributed by atoms with Crippen LogP contribution in [0.25, 0.3) is 0 Å². The van der Waals surface area contributed by atoms with Gasteiger partial charge in [-0.2, -0.15) is 4.98 Å². The van der Waals surface area contributed by atoms with Gasteiger partial charge in [-0.15, -0.1) is 0 Å². The van der Waals surface area contributed by atoms with Crippen LogP contribution in [0, 0.1) is 4.77 Å². The van der Waals surface area contributed by atoms with E-state index in [9.17, 15) is 0 Å². The summed E-state index contributed by atoms with van der Waals surface area (Å²) in [6, 6.07) is 9.90. The molecule has 17 heavy (non-hydrogen) atoms. The third-order valence-corrected chi connectivity index (χ3v) is 2.15. The first-order valence-corrected chi connectivity index (χ1v) is 5.87. The monoisotopic (exact) mass is 251 g/mol. The summed E-state index contributed by atoms with van der Waals surface area (Å²) >= 11 is 4.84.